The van der Waals surface area contributed by atoms with Gasteiger partial charge in [-0.2, -0.15) is 0 Å². The summed E-state index contributed by atoms with van der Waals surface area (Å²) in [5, 5.41) is 10.1. The Morgan fingerprint density at radius 3 is 2.95 bits per heavy atom. The van der Waals surface area contributed by atoms with Crippen LogP contribution in [0.25, 0.3) is 0 Å². The molecule has 0 saturated carbocycles. The molecule has 1 amide bonds. The number of anilines is 1. The Morgan fingerprint density at radius 2 is 2.19 bits per heavy atom. The van der Waals surface area contributed by atoms with E-state index in [1.807, 2.05) is 6.07 Å². The molecule has 0 aliphatic carbocycles. The molecular formula is C16H16N2O3. The van der Waals surface area contributed by atoms with E-state index < -0.39 is 0 Å². The predicted octanol–water partition coefficient (Wildman–Crippen LogP) is 1.98. The zero-order chi connectivity index (χ0) is 15.0. The quantitative estimate of drug-likeness (QED) is 0.841. The fourth-order valence-electron chi connectivity index (χ4n) is 2.72. The van der Waals surface area contributed by atoms with Crippen LogP contribution >= 0.6 is 0 Å². The molecule has 2 aromatic rings. The molecule has 0 saturated heterocycles. The lowest BCUT2D eigenvalue weighted by Gasteiger charge is -2.29. The number of carbonyl (C=O) groups excluding carboxylic acids is 1. The molecule has 1 aromatic carbocycles. The van der Waals surface area contributed by atoms with Gasteiger partial charge in [-0.05, 0) is 31.4 Å². The number of pyridine rings is 1. The highest BCUT2D eigenvalue weighted by molar-refractivity contribution is 6.07. The third-order valence-corrected chi connectivity index (χ3v) is 3.73. The maximum Gasteiger partial charge on any atom is 0.263 e. The number of hydrogen-bond donors (Lipinski definition) is 2. The first kappa shape index (κ1) is 13.4. The summed E-state index contributed by atoms with van der Waals surface area (Å²) in [6.45, 7) is 2.26. The van der Waals surface area contributed by atoms with Crippen molar-refractivity contribution in [2.24, 2.45) is 0 Å². The number of phenolic OH excluding ortho intramolecular Hbond substituents is 1. The zero-order valence-corrected chi connectivity index (χ0v) is 11.7. The number of amides is 1. The van der Waals surface area contributed by atoms with E-state index in [-0.39, 0.29) is 22.6 Å². The Balaban J connectivity index is 2.06. The van der Waals surface area contributed by atoms with Crippen molar-refractivity contribution in [2.45, 2.75) is 19.8 Å². The minimum atomic E-state index is -0.376. The summed E-state index contributed by atoms with van der Waals surface area (Å²) in [7, 11) is 0. The summed E-state index contributed by atoms with van der Waals surface area (Å²) in [6.07, 6.45) is 3.07. The molecule has 108 valence electrons. The number of benzene rings is 1. The van der Waals surface area contributed by atoms with Crippen LogP contribution in [0.3, 0.4) is 0 Å². The van der Waals surface area contributed by atoms with Crippen molar-refractivity contribution in [1.82, 2.24) is 4.98 Å². The third-order valence-electron chi connectivity index (χ3n) is 3.73. The van der Waals surface area contributed by atoms with Crippen molar-refractivity contribution in [3.8, 4) is 5.75 Å². The van der Waals surface area contributed by atoms with Crippen LogP contribution in [0.5, 0.6) is 5.75 Å². The van der Waals surface area contributed by atoms with Crippen LogP contribution in [-0.2, 0) is 6.42 Å². The Kier molecular flexibility index (Phi) is 3.25. The minimum Gasteiger partial charge on any atom is -0.506 e. The van der Waals surface area contributed by atoms with Crippen LogP contribution in [0.15, 0.2) is 35.3 Å². The lowest BCUT2D eigenvalue weighted by molar-refractivity contribution is 0.0983. The van der Waals surface area contributed by atoms with Gasteiger partial charge in [0.25, 0.3) is 5.91 Å². The Hall–Kier alpha value is -2.56. The molecule has 2 N–H and O–H groups in total. The average Bonchev–Trinajstić information content (AvgIpc) is 2.46. The molecular weight excluding hydrogens is 268 g/mol. The SMILES string of the molecule is Cc1cc(=O)c(C(=O)N2CCCc3cccc(O)c32)c[nH]1. The summed E-state index contributed by atoms with van der Waals surface area (Å²) < 4.78 is 0. The number of para-hydroxylation sites is 1. The smallest absolute Gasteiger partial charge is 0.263 e. The molecule has 0 atom stereocenters. The van der Waals surface area contributed by atoms with E-state index in [0.29, 0.717) is 17.9 Å². The summed E-state index contributed by atoms with van der Waals surface area (Å²) in [6, 6.07) is 6.63. The van der Waals surface area contributed by atoms with Gasteiger partial charge in [0.15, 0.2) is 5.43 Å². The van der Waals surface area contributed by atoms with Crippen LogP contribution in [-0.4, -0.2) is 22.5 Å². The number of aromatic amines is 1. The molecule has 0 unspecified atom stereocenters. The van der Waals surface area contributed by atoms with E-state index in [4.69, 9.17) is 0 Å². The molecule has 3 rings (SSSR count). The molecule has 0 fully saturated rings. The number of aromatic hydroxyl groups is 1. The van der Waals surface area contributed by atoms with Gasteiger partial charge in [0.1, 0.15) is 11.3 Å². The second kappa shape index (κ2) is 5.09. The molecule has 2 heterocycles. The lowest BCUT2D eigenvalue weighted by Crippen LogP contribution is -2.38. The fourth-order valence-corrected chi connectivity index (χ4v) is 2.72. The van der Waals surface area contributed by atoms with E-state index in [2.05, 4.69) is 4.98 Å². The number of phenols is 1. The number of aryl methyl sites for hydroxylation is 2. The third kappa shape index (κ3) is 2.31. The standard InChI is InChI=1S/C16H16N2O3/c1-10-8-14(20)12(9-17-10)16(21)18-7-3-5-11-4-2-6-13(19)15(11)18/h2,4,6,8-9,19H,3,5,7H2,1H3,(H,17,20). The lowest BCUT2D eigenvalue weighted by atomic mass is 10.00. The fraction of sp³-hybridized carbons (Fsp3) is 0.250. The van der Waals surface area contributed by atoms with Gasteiger partial charge >= 0.3 is 0 Å². The Labute approximate surface area is 121 Å². The first-order valence-electron chi connectivity index (χ1n) is 6.90. The molecule has 0 bridgehead atoms. The van der Waals surface area contributed by atoms with Crippen LogP contribution in [0.4, 0.5) is 5.69 Å². The van der Waals surface area contributed by atoms with E-state index in [0.717, 1.165) is 18.4 Å². The minimum absolute atomic E-state index is 0.0732. The van der Waals surface area contributed by atoms with Gasteiger partial charge in [0.2, 0.25) is 0 Å². The molecule has 1 aliphatic rings. The van der Waals surface area contributed by atoms with Crippen molar-refractivity contribution < 1.29 is 9.90 Å². The van der Waals surface area contributed by atoms with Gasteiger partial charge < -0.3 is 15.0 Å². The molecule has 0 spiro atoms. The maximum absolute atomic E-state index is 12.6. The molecule has 5 heteroatoms. The molecule has 21 heavy (non-hydrogen) atoms. The second-order valence-electron chi connectivity index (χ2n) is 5.24. The van der Waals surface area contributed by atoms with Crippen molar-refractivity contribution in [1.29, 1.82) is 0 Å². The number of carbonyl (C=O) groups is 1. The topological polar surface area (TPSA) is 73.4 Å². The van der Waals surface area contributed by atoms with Gasteiger partial charge in [-0.25, -0.2) is 0 Å². The van der Waals surface area contributed by atoms with Crippen molar-refractivity contribution in [3.63, 3.8) is 0 Å². The van der Waals surface area contributed by atoms with E-state index in [9.17, 15) is 14.7 Å². The first-order chi connectivity index (χ1) is 10.1. The van der Waals surface area contributed by atoms with Crippen molar-refractivity contribution in [3.05, 3.63) is 57.5 Å². The van der Waals surface area contributed by atoms with E-state index in [1.54, 1.807) is 19.1 Å². The van der Waals surface area contributed by atoms with E-state index >= 15 is 0 Å². The highest BCUT2D eigenvalue weighted by Gasteiger charge is 2.27. The van der Waals surface area contributed by atoms with Gasteiger partial charge in [-0.3, -0.25) is 9.59 Å². The summed E-state index contributed by atoms with van der Waals surface area (Å²) in [5.74, 6) is -0.303. The monoisotopic (exact) mass is 284 g/mol. The molecule has 5 nitrogen and oxygen atoms in total. The normalized spacial score (nSPS) is 13.9. The number of rotatable bonds is 1. The van der Waals surface area contributed by atoms with Crippen LogP contribution < -0.4 is 10.3 Å². The number of fused-ring (bicyclic) bond motifs is 1. The van der Waals surface area contributed by atoms with Crippen molar-refractivity contribution >= 4 is 11.6 Å². The van der Waals surface area contributed by atoms with Gasteiger partial charge in [0, 0.05) is 24.5 Å². The average molecular weight is 284 g/mol. The summed E-state index contributed by atoms with van der Waals surface area (Å²) >= 11 is 0. The van der Waals surface area contributed by atoms with Crippen LogP contribution in [0.1, 0.15) is 28.0 Å². The summed E-state index contributed by atoms with van der Waals surface area (Å²) in [4.78, 5) is 29.0. The Morgan fingerprint density at radius 1 is 1.38 bits per heavy atom. The number of hydrogen-bond acceptors (Lipinski definition) is 3. The number of H-pyrrole nitrogens is 1. The van der Waals surface area contributed by atoms with Crippen LogP contribution in [0, 0.1) is 6.92 Å². The zero-order valence-electron chi connectivity index (χ0n) is 11.7. The number of nitrogens with one attached hydrogen (secondary N) is 1. The maximum atomic E-state index is 12.6. The second-order valence-corrected chi connectivity index (χ2v) is 5.24. The van der Waals surface area contributed by atoms with E-state index in [1.165, 1.54) is 17.2 Å². The summed E-state index contributed by atoms with van der Waals surface area (Å²) in [5.41, 5.74) is 1.95. The highest BCUT2D eigenvalue weighted by Crippen LogP contribution is 2.35. The van der Waals surface area contributed by atoms with Crippen LogP contribution in [0.2, 0.25) is 0 Å². The van der Waals surface area contributed by atoms with Gasteiger partial charge in [0.05, 0.1) is 5.69 Å². The molecule has 1 aliphatic heterocycles. The predicted molar refractivity (Wildman–Crippen MR) is 79.9 cm³/mol. The van der Waals surface area contributed by atoms with Gasteiger partial charge in [-0.1, -0.05) is 12.1 Å². The Bertz CT molecular complexity index is 764. The highest BCUT2D eigenvalue weighted by atomic mass is 16.3. The molecule has 1 aromatic heterocycles. The number of aromatic nitrogens is 1. The number of nitrogens with zero attached hydrogens (tertiary/aromatic N) is 1. The van der Waals surface area contributed by atoms with Crippen molar-refractivity contribution in [2.75, 3.05) is 11.4 Å². The van der Waals surface area contributed by atoms with Gasteiger partial charge in [-0.15, -0.1) is 0 Å². The largest absolute Gasteiger partial charge is 0.506 e. The molecule has 0 radical (unpaired) electrons. The first-order valence-corrected chi connectivity index (χ1v) is 6.90.